The maximum absolute atomic E-state index is 11.5. The largest absolute Gasteiger partial charge is 0.481 e. The van der Waals surface area contributed by atoms with Crippen LogP contribution in [0.5, 0.6) is 5.75 Å². The third-order valence-corrected chi connectivity index (χ3v) is 2.34. The van der Waals surface area contributed by atoms with Gasteiger partial charge in [0, 0.05) is 5.56 Å². The lowest BCUT2D eigenvalue weighted by molar-refractivity contribution is -0.139. The Morgan fingerprint density at radius 1 is 1.37 bits per heavy atom. The van der Waals surface area contributed by atoms with Gasteiger partial charge in [0.15, 0.2) is 11.9 Å². The number of nitrogens with one attached hydrogen (secondary N) is 1. The number of ketones is 1. The predicted molar refractivity (Wildman–Crippen MR) is 67.2 cm³/mol. The quantitative estimate of drug-likeness (QED) is 0.744. The van der Waals surface area contributed by atoms with E-state index in [2.05, 4.69) is 5.32 Å². The van der Waals surface area contributed by atoms with Gasteiger partial charge in [0.1, 0.15) is 12.3 Å². The van der Waals surface area contributed by atoms with Crippen LogP contribution in [0.15, 0.2) is 24.3 Å². The van der Waals surface area contributed by atoms with E-state index in [1.807, 2.05) is 0 Å². The zero-order valence-electron chi connectivity index (χ0n) is 10.7. The molecular formula is C13H15NO5. The van der Waals surface area contributed by atoms with Crippen molar-refractivity contribution < 1.29 is 24.2 Å². The normalized spacial score (nSPS) is 11.5. The highest BCUT2D eigenvalue weighted by molar-refractivity contribution is 5.94. The third kappa shape index (κ3) is 4.79. The Hall–Kier alpha value is -2.37. The lowest BCUT2D eigenvalue weighted by Gasteiger charge is -2.14. The molecule has 0 aliphatic rings. The molecule has 2 N–H and O–H groups in total. The van der Waals surface area contributed by atoms with Crippen LogP contribution in [0.1, 0.15) is 24.2 Å². The lowest BCUT2D eigenvalue weighted by atomic mass is 10.1. The Morgan fingerprint density at radius 3 is 2.63 bits per heavy atom. The second kappa shape index (κ2) is 6.53. The molecule has 0 aromatic heterocycles. The zero-order valence-corrected chi connectivity index (χ0v) is 10.7. The van der Waals surface area contributed by atoms with Crippen LogP contribution in [-0.4, -0.2) is 35.4 Å². The Kier molecular flexibility index (Phi) is 5.05. The summed E-state index contributed by atoms with van der Waals surface area (Å²) in [5.41, 5.74) is 0.482. The molecule has 0 heterocycles. The van der Waals surface area contributed by atoms with Gasteiger partial charge in [-0.05, 0) is 26.0 Å². The van der Waals surface area contributed by atoms with E-state index >= 15 is 0 Å². The number of hydrogen-bond donors (Lipinski definition) is 2. The van der Waals surface area contributed by atoms with Crippen LogP contribution in [0.2, 0.25) is 0 Å². The summed E-state index contributed by atoms with van der Waals surface area (Å²) in [4.78, 5) is 33.0. The predicted octanol–water partition coefficient (Wildman–Crippen LogP) is 0.857. The summed E-state index contributed by atoms with van der Waals surface area (Å²) in [6, 6.07) is 6.44. The SMILES string of the molecule is CC(=O)c1cccc(OC(C)C(=O)NCC(=O)O)c1. The molecule has 1 atom stereocenters. The molecule has 0 bridgehead atoms. The highest BCUT2D eigenvalue weighted by atomic mass is 16.5. The highest BCUT2D eigenvalue weighted by Crippen LogP contribution is 2.15. The molecule has 1 aromatic carbocycles. The van der Waals surface area contributed by atoms with Gasteiger partial charge >= 0.3 is 5.97 Å². The van der Waals surface area contributed by atoms with Crippen molar-refractivity contribution in [1.29, 1.82) is 0 Å². The molecule has 0 saturated heterocycles. The van der Waals surface area contributed by atoms with E-state index < -0.39 is 24.5 Å². The molecule has 6 heteroatoms. The number of carboxylic acids is 1. The van der Waals surface area contributed by atoms with Crippen molar-refractivity contribution in [2.45, 2.75) is 20.0 Å². The second-order valence-corrected chi connectivity index (χ2v) is 3.96. The van der Waals surface area contributed by atoms with Crippen molar-refractivity contribution in [3.05, 3.63) is 29.8 Å². The summed E-state index contributed by atoms with van der Waals surface area (Å²) in [7, 11) is 0. The molecule has 0 saturated carbocycles. The van der Waals surface area contributed by atoms with Gasteiger partial charge in [-0.1, -0.05) is 12.1 Å². The summed E-state index contributed by atoms with van der Waals surface area (Å²) >= 11 is 0. The van der Waals surface area contributed by atoms with Gasteiger partial charge in [-0.15, -0.1) is 0 Å². The van der Waals surface area contributed by atoms with E-state index in [-0.39, 0.29) is 5.78 Å². The smallest absolute Gasteiger partial charge is 0.322 e. The minimum atomic E-state index is -1.13. The van der Waals surface area contributed by atoms with E-state index in [0.717, 1.165) is 0 Å². The van der Waals surface area contributed by atoms with Crippen LogP contribution in [0.3, 0.4) is 0 Å². The van der Waals surface area contributed by atoms with E-state index in [1.165, 1.54) is 19.9 Å². The summed E-state index contributed by atoms with van der Waals surface area (Å²) in [5, 5.41) is 10.6. The molecule has 0 fully saturated rings. The monoisotopic (exact) mass is 265 g/mol. The van der Waals surface area contributed by atoms with E-state index in [4.69, 9.17) is 9.84 Å². The first-order valence-corrected chi connectivity index (χ1v) is 5.67. The van der Waals surface area contributed by atoms with Gasteiger partial charge in [0.05, 0.1) is 0 Å². The standard InChI is InChI=1S/C13H15NO5/c1-8(15)10-4-3-5-11(6-10)19-9(2)13(18)14-7-12(16)17/h3-6,9H,7H2,1-2H3,(H,14,18)(H,16,17). The summed E-state index contributed by atoms with van der Waals surface area (Å²) in [6.45, 7) is 2.47. The van der Waals surface area contributed by atoms with Crippen molar-refractivity contribution in [2.24, 2.45) is 0 Å². The molecule has 102 valence electrons. The fourth-order valence-corrected chi connectivity index (χ4v) is 1.35. The van der Waals surface area contributed by atoms with E-state index in [1.54, 1.807) is 18.2 Å². The Labute approximate surface area is 110 Å². The number of carboxylic acid groups (broad SMARTS) is 1. The van der Waals surface area contributed by atoms with Gasteiger partial charge in [0.25, 0.3) is 5.91 Å². The molecule has 1 amide bonds. The molecule has 1 unspecified atom stereocenters. The molecular weight excluding hydrogens is 250 g/mol. The summed E-state index contributed by atoms with van der Waals surface area (Å²) in [5.74, 6) is -1.38. The number of hydrogen-bond acceptors (Lipinski definition) is 4. The average molecular weight is 265 g/mol. The molecule has 1 rings (SSSR count). The van der Waals surface area contributed by atoms with Crippen molar-refractivity contribution in [3.8, 4) is 5.75 Å². The number of benzene rings is 1. The highest BCUT2D eigenvalue weighted by Gasteiger charge is 2.15. The number of ether oxygens (including phenoxy) is 1. The first-order valence-electron chi connectivity index (χ1n) is 5.67. The number of rotatable bonds is 6. The maximum atomic E-state index is 11.5. The number of amides is 1. The zero-order chi connectivity index (χ0) is 14.4. The van der Waals surface area contributed by atoms with Crippen LogP contribution >= 0.6 is 0 Å². The minimum absolute atomic E-state index is 0.103. The molecule has 0 aliphatic heterocycles. The van der Waals surface area contributed by atoms with Gasteiger partial charge in [-0.2, -0.15) is 0 Å². The molecule has 0 radical (unpaired) electrons. The summed E-state index contributed by atoms with van der Waals surface area (Å²) in [6.07, 6.45) is -0.846. The first kappa shape index (κ1) is 14.7. The van der Waals surface area contributed by atoms with Crippen molar-refractivity contribution in [1.82, 2.24) is 5.32 Å². The fraction of sp³-hybridized carbons (Fsp3) is 0.308. The van der Waals surface area contributed by atoms with Crippen LogP contribution < -0.4 is 10.1 Å². The summed E-state index contributed by atoms with van der Waals surface area (Å²) < 4.78 is 5.34. The molecule has 0 spiro atoms. The topological polar surface area (TPSA) is 92.7 Å². The Balaban J connectivity index is 2.63. The third-order valence-electron chi connectivity index (χ3n) is 2.34. The number of Topliss-reactive ketones (excluding diaryl/α,β-unsaturated/α-hetero) is 1. The molecule has 6 nitrogen and oxygen atoms in total. The average Bonchev–Trinajstić information content (AvgIpc) is 2.36. The van der Waals surface area contributed by atoms with Gasteiger partial charge < -0.3 is 15.2 Å². The minimum Gasteiger partial charge on any atom is -0.481 e. The van der Waals surface area contributed by atoms with Crippen LogP contribution in [-0.2, 0) is 9.59 Å². The number of carbonyl (C=O) groups excluding carboxylic acids is 2. The lowest BCUT2D eigenvalue weighted by Crippen LogP contribution is -2.39. The molecule has 0 aliphatic carbocycles. The molecule has 19 heavy (non-hydrogen) atoms. The fourth-order valence-electron chi connectivity index (χ4n) is 1.35. The van der Waals surface area contributed by atoms with E-state index in [0.29, 0.717) is 11.3 Å². The Bertz CT molecular complexity index is 498. The van der Waals surface area contributed by atoms with Crippen LogP contribution in [0, 0.1) is 0 Å². The van der Waals surface area contributed by atoms with Crippen molar-refractivity contribution >= 4 is 17.7 Å². The van der Waals surface area contributed by atoms with E-state index in [9.17, 15) is 14.4 Å². The van der Waals surface area contributed by atoms with Gasteiger partial charge in [-0.25, -0.2) is 0 Å². The molecule has 1 aromatic rings. The number of aliphatic carboxylic acids is 1. The first-order chi connectivity index (χ1) is 8.90. The van der Waals surface area contributed by atoms with Crippen molar-refractivity contribution in [2.75, 3.05) is 6.54 Å². The second-order valence-electron chi connectivity index (χ2n) is 3.96. The number of carbonyl (C=O) groups is 3. The maximum Gasteiger partial charge on any atom is 0.322 e. The Morgan fingerprint density at radius 2 is 2.05 bits per heavy atom. The van der Waals surface area contributed by atoms with Crippen LogP contribution in [0.4, 0.5) is 0 Å². The van der Waals surface area contributed by atoms with Gasteiger partial charge in [-0.3, -0.25) is 14.4 Å². The van der Waals surface area contributed by atoms with Crippen molar-refractivity contribution in [3.63, 3.8) is 0 Å². The van der Waals surface area contributed by atoms with Gasteiger partial charge in [0.2, 0.25) is 0 Å². The van der Waals surface area contributed by atoms with Crippen LogP contribution in [0.25, 0.3) is 0 Å².